The van der Waals surface area contributed by atoms with E-state index in [-0.39, 0.29) is 0 Å². The second-order valence-electron chi connectivity index (χ2n) is 3.21. The maximum atomic E-state index is 11.2. The van der Waals surface area contributed by atoms with Gasteiger partial charge in [-0.05, 0) is 0 Å². The number of amides is 1. The van der Waals surface area contributed by atoms with Gasteiger partial charge in [0.05, 0.1) is 29.0 Å². The first-order chi connectivity index (χ1) is 7.27. The minimum absolute atomic E-state index is 0.412. The number of rotatable bonds is 1. The molecule has 3 aromatic rings. The summed E-state index contributed by atoms with van der Waals surface area (Å²) in [7, 11) is 0. The van der Waals surface area contributed by atoms with Crippen LogP contribution in [0.2, 0.25) is 0 Å². The van der Waals surface area contributed by atoms with Gasteiger partial charge in [-0.2, -0.15) is 0 Å². The molecule has 0 aliphatic heterocycles. The topological polar surface area (TPSA) is 100 Å². The Hall–Kier alpha value is -2.37. The lowest BCUT2D eigenvalue weighted by Gasteiger charge is -1.93. The van der Waals surface area contributed by atoms with Crippen molar-refractivity contribution < 1.29 is 4.79 Å². The van der Waals surface area contributed by atoms with Gasteiger partial charge in [0.2, 0.25) is 0 Å². The Morgan fingerprint density at radius 1 is 1.33 bits per heavy atom. The average molecular weight is 201 g/mol. The summed E-state index contributed by atoms with van der Waals surface area (Å²) < 4.78 is 0. The molecule has 15 heavy (non-hydrogen) atoms. The molecule has 0 unspecified atom stereocenters. The number of H-pyrrole nitrogens is 2. The molecule has 0 spiro atoms. The van der Waals surface area contributed by atoms with E-state index in [1.54, 1.807) is 18.7 Å². The third-order valence-electron chi connectivity index (χ3n) is 2.35. The number of primary amides is 1. The van der Waals surface area contributed by atoms with Gasteiger partial charge in [0.25, 0.3) is 5.91 Å². The number of aromatic amines is 2. The summed E-state index contributed by atoms with van der Waals surface area (Å²) in [6.07, 6.45) is 4.77. The van der Waals surface area contributed by atoms with Gasteiger partial charge in [-0.15, -0.1) is 0 Å². The normalized spacial score (nSPS) is 11.2. The highest BCUT2D eigenvalue weighted by atomic mass is 16.1. The van der Waals surface area contributed by atoms with Gasteiger partial charge in [0, 0.05) is 6.20 Å². The molecule has 3 rings (SSSR count). The molecule has 4 N–H and O–H groups in total. The van der Waals surface area contributed by atoms with Gasteiger partial charge < -0.3 is 15.7 Å². The molecule has 74 valence electrons. The van der Waals surface area contributed by atoms with Crippen LogP contribution in [0.5, 0.6) is 0 Å². The highest BCUT2D eigenvalue weighted by molar-refractivity contribution is 6.13. The summed E-state index contributed by atoms with van der Waals surface area (Å²) >= 11 is 0. The second-order valence-corrected chi connectivity index (χ2v) is 3.21. The first kappa shape index (κ1) is 7.98. The van der Waals surface area contributed by atoms with Crippen molar-refractivity contribution in [2.24, 2.45) is 5.73 Å². The third kappa shape index (κ3) is 0.954. The highest BCUT2D eigenvalue weighted by Crippen LogP contribution is 2.23. The van der Waals surface area contributed by atoms with Crippen molar-refractivity contribution in [1.29, 1.82) is 0 Å². The SMILES string of the molecule is NC(=O)c1c[nH]c2ncc3[nH]cnc3c12. The number of nitrogens with two attached hydrogens (primary N) is 1. The number of nitrogens with zero attached hydrogens (tertiary/aromatic N) is 2. The van der Waals surface area contributed by atoms with Gasteiger partial charge in [-0.3, -0.25) is 4.79 Å². The molecule has 0 saturated heterocycles. The molecular weight excluding hydrogens is 194 g/mol. The van der Waals surface area contributed by atoms with E-state index in [9.17, 15) is 4.79 Å². The molecule has 0 aliphatic rings. The van der Waals surface area contributed by atoms with E-state index in [4.69, 9.17) is 5.73 Å². The van der Waals surface area contributed by atoms with Gasteiger partial charge >= 0.3 is 0 Å². The maximum absolute atomic E-state index is 11.2. The van der Waals surface area contributed by atoms with E-state index in [1.165, 1.54) is 0 Å². The molecule has 0 aliphatic carbocycles. The highest BCUT2D eigenvalue weighted by Gasteiger charge is 2.13. The number of hydrogen-bond acceptors (Lipinski definition) is 3. The van der Waals surface area contributed by atoms with Gasteiger partial charge in [0.1, 0.15) is 11.2 Å². The Balaban J connectivity index is 2.57. The van der Waals surface area contributed by atoms with Gasteiger partial charge in [0.15, 0.2) is 0 Å². The van der Waals surface area contributed by atoms with E-state index in [0.717, 1.165) is 5.52 Å². The first-order valence-electron chi connectivity index (χ1n) is 4.36. The van der Waals surface area contributed by atoms with E-state index >= 15 is 0 Å². The van der Waals surface area contributed by atoms with Crippen molar-refractivity contribution >= 4 is 28.0 Å². The van der Waals surface area contributed by atoms with Gasteiger partial charge in [-0.1, -0.05) is 0 Å². The molecular formula is C9H7N5O. The van der Waals surface area contributed by atoms with E-state index in [2.05, 4.69) is 19.9 Å². The number of aromatic nitrogens is 4. The third-order valence-corrected chi connectivity index (χ3v) is 2.35. The quantitative estimate of drug-likeness (QED) is 0.535. The van der Waals surface area contributed by atoms with Crippen LogP contribution in [0.3, 0.4) is 0 Å². The van der Waals surface area contributed by atoms with Crippen molar-refractivity contribution in [3.8, 4) is 0 Å². The number of carbonyl (C=O) groups is 1. The largest absolute Gasteiger partial charge is 0.366 e. The minimum atomic E-state index is -0.487. The van der Waals surface area contributed by atoms with E-state index in [0.29, 0.717) is 22.1 Å². The van der Waals surface area contributed by atoms with Crippen molar-refractivity contribution in [3.05, 3.63) is 24.3 Å². The fourth-order valence-corrected chi connectivity index (χ4v) is 1.68. The fraction of sp³-hybridized carbons (Fsp3) is 0. The zero-order chi connectivity index (χ0) is 10.4. The van der Waals surface area contributed by atoms with Crippen LogP contribution in [-0.4, -0.2) is 25.8 Å². The lowest BCUT2D eigenvalue weighted by molar-refractivity contribution is 0.100. The predicted molar refractivity (Wildman–Crippen MR) is 54.3 cm³/mol. The van der Waals surface area contributed by atoms with Crippen molar-refractivity contribution in [3.63, 3.8) is 0 Å². The molecule has 6 heteroatoms. The molecule has 0 aromatic carbocycles. The van der Waals surface area contributed by atoms with Crippen LogP contribution < -0.4 is 5.73 Å². The molecule has 3 heterocycles. The number of carbonyl (C=O) groups excluding carboxylic acids is 1. The Labute approximate surface area is 83.5 Å². The second kappa shape index (κ2) is 2.57. The lowest BCUT2D eigenvalue weighted by atomic mass is 10.2. The van der Waals surface area contributed by atoms with Crippen LogP contribution in [0.15, 0.2) is 18.7 Å². The maximum Gasteiger partial charge on any atom is 0.251 e. The molecule has 0 radical (unpaired) electrons. The van der Waals surface area contributed by atoms with Crippen LogP contribution in [0.25, 0.3) is 22.1 Å². The average Bonchev–Trinajstić information content (AvgIpc) is 2.82. The van der Waals surface area contributed by atoms with Gasteiger partial charge in [-0.25, -0.2) is 9.97 Å². The zero-order valence-electron chi connectivity index (χ0n) is 7.61. The standard InChI is InChI=1S/C9H7N5O/c10-8(15)4-1-11-9-6(4)7-5(2-12-9)13-3-14-7/h1-3H,(H2,10,15)(H,11,12)(H,13,14). The van der Waals surface area contributed by atoms with Crippen LogP contribution >= 0.6 is 0 Å². The minimum Gasteiger partial charge on any atom is -0.366 e. The number of hydrogen-bond donors (Lipinski definition) is 3. The summed E-state index contributed by atoms with van der Waals surface area (Å²) in [4.78, 5) is 25.3. The monoisotopic (exact) mass is 201 g/mol. The molecule has 1 amide bonds. The first-order valence-corrected chi connectivity index (χ1v) is 4.36. The summed E-state index contributed by atoms with van der Waals surface area (Å²) in [6.45, 7) is 0. The summed E-state index contributed by atoms with van der Waals surface area (Å²) in [5.74, 6) is -0.487. The van der Waals surface area contributed by atoms with Crippen molar-refractivity contribution in [2.75, 3.05) is 0 Å². The van der Waals surface area contributed by atoms with Crippen LogP contribution in [-0.2, 0) is 0 Å². The zero-order valence-corrected chi connectivity index (χ0v) is 7.61. The van der Waals surface area contributed by atoms with E-state index in [1.807, 2.05) is 0 Å². The van der Waals surface area contributed by atoms with E-state index < -0.39 is 5.91 Å². The van der Waals surface area contributed by atoms with Crippen LogP contribution in [0, 0.1) is 0 Å². The summed E-state index contributed by atoms with van der Waals surface area (Å²) in [5.41, 5.74) is 7.77. The molecule has 3 aromatic heterocycles. The predicted octanol–water partition coefficient (Wildman–Crippen LogP) is 0.538. The van der Waals surface area contributed by atoms with Crippen LogP contribution in [0.4, 0.5) is 0 Å². The number of imidazole rings is 1. The molecule has 0 atom stereocenters. The fourth-order valence-electron chi connectivity index (χ4n) is 1.68. The summed E-state index contributed by atoms with van der Waals surface area (Å²) in [6, 6.07) is 0. The number of nitrogens with one attached hydrogen (secondary N) is 2. The smallest absolute Gasteiger partial charge is 0.251 e. The molecule has 0 saturated carbocycles. The molecule has 6 nitrogen and oxygen atoms in total. The van der Waals surface area contributed by atoms with Crippen LogP contribution in [0.1, 0.15) is 10.4 Å². The Bertz CT molecular complexity index is 665. The Morgan fingerprint density at radius 2 is 2.20 bits per heavy atom. The Morgan fingerprint density at radius 3 is 3.00 bits per heavy atom. The van der Waals surface area contributed by atoms with Crippen molar-refractivity contribution in [2.45, 2.75) is 0 Å². The lowest BCUT2D eigenvalue weighted by Crippen LogP contribution is -2.10. The summed E-state index contributed by atoms with van der Waals surface area (Å²) in [5, 5.41) is 0.668. The van der Waals surface area contributed by atoms with Crippen molar-refractivity contribution in [1.82, 2.24) is 19.9 Å². The molecule has 0 fully saturated rings. The number of fused-ring (bicyclic) bond motifs is 3. The molecule has 0 bridgehead atoms. The Kier molecular flexibility index (Phi) is 1.37. The number of pyridine rings is 1.